The maximum Gasteiger partial charge on any atom is 0.252 e. The van der Waals surface area contributed by atoms with E-state index < -0.39 is 0 Å². The zero-order valence-electron chi connectivity index (χ0n) is 12.6. The van der Waals surface area contributed by atoms with Crippen molar-refractivity contribution < 1.29 is 14.3 Å². The minimum atomic E-state index is -0.215. The number of hydrogen-bond donors (Lipinski definition) is 0. The molecule has 0 aliphatic carbocycles. The number of rotatable bonds is 4. The van der Waals surface area contributed by atoms with Crippen LogP contribution in [0.25, 0.3) is 0 Å². The summed E-state index contributed by atoms with van der Waals surface area (Å²) in [4.78, 5) is 14.6. The van der Waals surface area contributed by atoms with Crippen LogP contribution in [0.15, 0.2) is 24.3 Å². The third kappa shape index (κ3) is 3.05. The van der Waals surface area contributed by atoms with Crippen LogP contribution in [-0.2, 0) is 9.53 Å². The third-order valence-corrected chi connectivity index (χ3v) is 4.32. The minimum Gasteiger partial charge on any atom is -0.494 e. The summed E-state index contributed by atoms with van der Waals surface area (Å²) in [5, 5.41) is 0. The van der Waals surface area contributed by atoms with Gasteiger partial charge in [0.15, 0.2) is 0 Å². The molecule has 0 spiro atoms. The lowest BCUT2D eigenvalue weighted by atomic mass is 10.0. The van der Waals surface area contributed by atoms with Gasteiger partial charge < -0.3 is 14.4 Å². The van der Waals surface area contributed by atoms with Gasteiger partial charge in [0.2, 0.25) is 0 Å². The molecular formula is C17H23NO3. The number of likely N-dealkylation sites (tertiary alicyclic amines) is 1. The molecule has 0 N–H and O–H groups in total. The van der Waals surface area contributed by atoms with E-state index in [-0.39, 0.29) is 18.1 Å². The second-order valence-electron chi connectivity index (χ2n) is 5.69. The first-order valence-electron chi connectivity index (χ1n) is 7.94. The van der Waals surface area contributed by atoms with Crippen LogP contribution in [0, 0.1) is 0 Å². The molecule has 3 rings (SSSR count). The van der Waals surface area contributed by atoms with Crippen molar-refractivity contribution in [2.75, 3.05) is 19.8 Å². The summed E-state index contributed by atoms with van der Waals surface area (Å²) in [7, 11) is 0. The first kappa shape index (κ1) is 14.4. The molecule has 2 aliphatic rings. The molecule has 2 heterocycles. The molecule has 4 heteroatoms. The maximum absolute atomic E-state index is 12.6. The number of amides is 1. The second kappa shape index (κ2) is 6.48. The van der Waals surface area contributed by atoms with Crippen molar-refractivity contribution in [3.63, 3.8) is 0 Å². The van der Waals surface area contributed by atoms with Crippen LogP contribution in [-0.4, -0.2) is 36.7 Å². The highest BCUT2D eigenvalue weighted by Crippen LogP contribution is 2.34. The zero-order valence-corrected chi connectivity index (χ0v) is 12.6. The molecule has 0 saturated carbocycles. The van der Waals surface area contributed by atoms with Gasteiger partial charge in [-0.2, -0.15) is 0 Å². The monoisotopic (exact) mass is 289 g/mol. The first-order chi connectivity index (χ1) is 10.3. The number of nitrogens with zero attached hydrogens (tertiary/aromatic N) is 1. The third-order valence-electron chi connectivity index (χ3n) is 4.32. The summed E-state index contributed by atoms with van der Waals surface area (Å²) in [5.74, 6) is 1.06. The summed E-state index contributed by atoms with van der Waals surface area (Å²) < 4.78 is 11.0. The van der Waals surface area contributed by atoms with Crippen LogP contribution < -0.4 is 4.74 Å². The number of hydrogen-bond acceptors (Lipinski definition) is 3. The van der Waals surface area contributed by atoms with E-state index >= 15 is 0 Å². The molecule has 21 heavy (non-hydrogen) atoms. The summed E-state index contributed by atoms with van der Waals surface area (Å²) >= 11 is 0. The van der Waals surface area contributed by atoms with Gasteiger partial charge in [0, 0.05) is 13.2 Å². The number of carbonyl (C=O) groups is 1. The molecule has 4 nitrogen and oxygen atoms in total. The molecule has 0 aromatic heterocycles. The van der Waals surface area contributed by atoms with Crippen molar-refractivity contribution in [3.8, 4) is 5.75 Å². The zero-order chi connectivity index (χ0) is 14.7. The van der Waals surface area contributed by atoms with Crippen molar-refractivity contribution in [2.45, 2.75) is 44.8 Å². The maximum atomic E-state index is 12.6. The molecule has 0 unspecified atom stereocenters. The Kier molecular flexibility index (Phi) is 4.44. The Hall–Kier alpha value is -1.55. The summed E-state index contributed by atoms with van der Waals surface area (Å²) in [6.45, 7) is 4.22. The van der Waals surface area contributed by atoms with Crippen molar-refractivity contribution in [1.82, 2.24) is 4.90 Å². The molecule has 1 aromatic rings. The van der Waals surface area contributed by atoms with Crippen LogP contribution in [0.2, 0.25) is 0 Å². The molecule has 1 aromatic carbocycles. The molecule has 1 amide bonds. The average Bonchev–Trinajstić information content (AvgIpc) is 3.19. The normalized spacial score (nSPS) is 25.3. The van der Waals surface area contributed by atoms with Gasteiger partial charge in [-0.15, -0.1) is 0 Å². The van der Waals surface area contributed by atoms with Gasteiger partial charge in [-0.3, -0.25) is 4.79 Å². The van der Waals surface area contributed by atoms with E-state index in [0.29, 0.717) is 6.61 Å². The highest BCUT2D eigenvalue weighted by molar-refractivity contribution is 5.82. The van der Waals surface area contributed by atoms with Gasteiger partial charge in [0.05, 0.1) is 12.6 Å². The molecule has 0 radical (unpaired) electrons. The number of ether oxygens (including phenoxy) is 2. The Balaban J connectivity index is 1.72. The van der Waals surface area contributed by atoms with Gasteiger partial charge in [0.1, 0.15) is 11.9 Å². The number of carbonyl (C=O) groups excluding carboxylic acids is 1. The molecule has 114 valence electrons. The minimum absolute atomic E-state index is 0.170. The highest BCUT2D eigenvalue weighted by atomic mass is 16.5. The predicted molar refractivity (Wildman–Crippen MR) is 80.3 cm³/mol. The van der Waals surface area contributed by atoms with E-state index in [1.807, 2.05) is 24.0 Å². The summed E-state index contributed by atoms with van der Waals surface area (Å²) in [5.41, 5.74) is 1.20. The Bertz CT molecular complexity index is 479. The van der Waals surface area contributed by atoms with Crippen LogP contribution in [0.4, 0.5) is 0 Å². The van der Waals surface area contributed by atoms with Crippen LogP contribution in [0.1, 0.15) is 44.2 Å². The van der Waals surface area contributed by atoms with E-state index in [0.717, 1.165) is 44.6 Å². The van der Waals surface area contributed by atoms with Crippen molar-refractivity contribution >= 4 is 5.91 Å². The van der Waals surface area contributed by atoms with Gasteiger partial charge >= 0.3 is 0 Å². The van der Waals surface area contributed by atoms with Gasteiger partial charge in [-0.05, 0) is 50.3 Å². The predicted octanol–water partition coefficient (Wildman–Crippen LogP) is 2.93. The van der Waals surface area contributed by atoms with Crippen LogP contribution >= 0.6 is 0 Å². The van der Waals surface area contributed by atoms with E-state index in [9.17, 15) is 4.79 Å². The molecule has 2 saturated heterocycles. The smallest absolute Gasteiger partial charge is 0.252 e. The molecule has 2 aliphatic heterocycles. The molecular weight excluding hydrogens is 266 g/mol. The summed E-state index contributed by atoms with van der Waals surface area (Å²) in [6, 6.07) is 8.34. The Morgan fingerprint density at radius 1 is 1.29 bits per heavy atom. The van der Waals surface area contributed by atoms with Crippen molar-refractivity contribution in [1.29, 1.82) is 0 Å². The fraction of sp³-hybridized carbons (Fsp3) is 0.588. The summed E-state index contributed by atoms with van der Waals surface area (Å²) in [6.07, 6.45) is 3.75. The fourth-order valence-electron chi connectivity index (χ4n) is 3.29. The molecule has 2 atom stereocenters. The first-order valence-corrected chi connectivity index (χ1v) is 7.94. The van der Waals surface area contributed by atoms with E-state index in [2.05, 4.69) is 12.1 Å². The van der Waals surface area contributed by atoms with E-state index in [1.165, 1.54) is 5.56 Å². The quantitative estimate of drug-likeness (QED) is 0.855. The van der Waals surface area contributed by atoms with Gasteiger partial charge in [0.25, 0.3) is 5.91 Å². The largest absolute Gasteiger partial charge is 0.494 e. The molecule has 2 fully saturated rings. The lowest BCUT2D eigenvalue weighted by Crippen LogP contribution is -2.38. The molecule has 0 bridgehead atoms. The lowest BCUT2D eigenvalue weighted by molar-refractivity contribution is -0.141. The van der Waals surface area contributed by atoms with Crippen molar-refractivity contribution in [2.24, 2.45) is 0 Å². The fourth-order valence-corrected chi connectivity index (χ4v) is 3.29. The Morgan fingerprint density at radius 2 is 2.10 bits per heavy atom. The van der Waals surface area contributed by atoms with Crippen LogP contribution in [0.5, 0.6) is 5.75 Å². The average molecular weight is 289 g/mol. The van der Waals surface area contributed by atoms with Crippen LogP contribution in [0.3, 0.4) is 0 Å². The number of benzene rings is 1. The van der Waals surface area contributed by atoms with Gasteiger partial charge in [-0.1, -0.05) is 12.1 Å². The highest BCUT2D eigenvalue weighted by Gasteiger charge is 2.35. The topological polar surface area (TPSA) is 38.8 Å². The standard InChI is InChI=1S/C17H23NO3/c1-2-20-14-9-7-13(8-10-14)15-5-3-11-18(15)17(19)16-6-4-12-21-16/h7-10,15-16H,2-6,11-12H2,1H3/t15-,16-/m0/s1. The van der Waals surface area contributed by atoms with Gasteiger partial charge in [-0.25, -0.2) is 0 Å². The Labute approximate surface area is 126 Å². The van der Waals surface area contributed by atoms with E-state index in [1.54, 1.807) is 0 Å². The van der Waals surface area contributed by atoms with E-state index in [4.69, 9.17) is 9.47 Å². The SMILES string of the molecule is CCOc1ccc([C@@H]2CCCN2C(=O)[C@@H]2CCCO2)cc1. The second-order valence-corrected chi connectivity index (χ2v) is 5.69. The Morgan fingerprint density at radius 3 is 2.76 bits per heavy atom. The van der Waals surface area contributed by atoms with Crippen molar-refractivity contribution in [3.05, 3.63) is 29.8 Å². The lowest BCUT2D eigenvalue weighted by Gasteiger charge is -2.27.